The van der Waals surface area contributed by atoms with Gasteiger partial charge in [0.25, 0.3) is 17.5 Å². The topological polar surface area (TPSA) is 128 Å². The predicted octanol–water partition coefficient (Wildman–Crippen LogP) is 5.64. The van der Waals surface area contributed by atoms with Gasteiger partial charge in [-0.05, 0) is 117 Å². The van der Waals surface area contributed by atoms with Crippen LogP contribution < -0.4 is 14.8 Å². The molecule has 2 aromatic carbocycles. The molecule has 5 fully saturated rings. The van der Waals surface area contributed by atoms with Crippen molar-refractivity contribution in [1.29, 1.82) is 0 Å². The smallest absolute Gasteiger partial charge is 0.331 e. The van der Waals surface area contributed by atoms with Crippen LogP contribution in [0.5, 0.6) is 11.5 Å². The number of hydrogen-bond acceptors (Lipinski definition) is 7. The Bertz CT molecular complexity index is 1430. The number of carbonyl (C=O) groups is 3. The number of rotatable bonds is 9. The number of imide groups is 2. The van der Waals surface area contributed by atoms with Gasteiger partial charge in [0.05, 0.1) is 11.5 Å². The summed E-state index contributed by atoms with van der Waals surface area (Å²) in [6.45, 7) is 4.33. The Morgan fingerprint density at radius 1 is 1.00 bits per heavy atom. The molecule has 7 rings (SSSR count). The van der Waals surface area contributed by atoms with Crippen LogP contribution in [0.2, 0.25) is 0 Å². The van der Waals surface area contributed by atoms with Gasteiger partial charge in [0.15, 0.2) is 11.5 Å². The summed E-state index contributed by atoms with van der Waals surface area (Å²) in [6, 6.07) is 10.2. The lowest BCUT2D eigenvalue weighted by Crippen LogP contribution is -2.63. The fraction of sp³-hybridized carbons (Fsp3) is 0.469. The first-order valence-corrected chi connectivity index (χ1v) is 14.7. The summed E-state index contributed by atoms with van der Waals surface area (Å²) in [5, 5.41) is 13.3. The Balaban J connectivity index is 1.22. The molecule has 4 bridgehead atoms. The van der Waals surface area contributed by atoms with Gasteiger partial charge in [-0.25, -0.2) is 4.79 Å². The molecule has 1 atom stereocenters. The summed E-state index contributed by atoms with van der Waals surface area (Å²) >= 11 is 0. The molecule has 10 heteroatoms. The maximum atomic E-state index is 13.8. The summed E-state index contributed by atoms with van der Waals surface area (Å²) in [5.41, 5.74) is 1.12. The molecule has 10 nitrogen and oxygen atoms in total. The molecular formula is C32H35N3O7. The number of carbonyl (C=O) groups excluding carboxylic acids is 3. The first kappa shape index (κ1) is 27.9. The summed E-state index contributed by atoms with van der Waals surface area (Å²) < 4.78 is 11.7. The van der Waals surface area contributed by atoms with E-state index in [4.69, 9.17) is 9.47 Å². The minimum atomic E-state index is -0.713. The number of amides is 4. The lowest BCUT2D eigenvalue weighted by molar-refractivity contribution is -0.384. The van der Waals surface area contributed by atoms with Crippen molar-refractivity contribution < 1.29 is 28.8 Å². The normalized spacial score (nSPS) is 28.1. The van der Waals surface area contributed by atoms with Gasteiger partial charge in [0, 0.05) is 18.2 Å². The molecule has 0 spiro atoms. The van der Waals surface area contributed by atoms with Gasteiger partial charge >= 0.3 is 6.03 Å². The number of nitrogens with one attached hydrogen (secondary N) is 1. The third-order valence-electron chi connectivity index (χ3n) is 9.61. The molecular weight excluding hydrogens is 538 g/mol. The van der Waals surface area contributed by atoms with Gasteiger partial charge in [-0.15, -0.1) is 0 Å². The quantitative estimate of drug-likeness (QED) is 0.178. The van der Waals surface area contributed by atoms with Crippen molar-refractivity contribution in [2.24, 2.45) is 23.2 Å². The van der Waals surface area contributed by atoms with E-state index in [1.165, 1.54) is 42.4 Å². The minimum Gasteiger partial charge on any atom is -0.490 e. The Kier molecular flexibility index (Phi) is 7.24. The molecule has 1 aliphatic heterocycles. The third kappa shape index (κ3) is 5.14. The number of ether oxygens (including phenoxy) is 2. The van der Waals surface area contributed by atoms with E-state index in [-0.39, 0.29) is 29.3 Å². The molecule has 4 amide bonds. The molecule has 1 unspecified atom stereocenters. The molecule has 0 radical (unpaired) electrons. The SMILES string of the molecule is CCOc1cc(C=C2C(=O)NC(=O)N(C(C)C34CC5CC(CC(C5)C3)C4)C2=O)ccc1OCc1ccc([N+](=O)[O-])cc1. The van der Waals surface area contributed by atoms with Crippen molar-refractivity contribution in [2.45, 2.75) is 65.0 Å². The van der Waals surface area contributed by atoms with Crippen LogP contribution in [0.15, 0.2) is 48.0 Å². The number of nitrogens with zero attached hydrogens (tertiary/aromatic N) is 2. The Hall–Kier alpha value is -4.21. The fourth-order valence-corrected chi connectivity index (χ4v) is 8.03. The van der Waals surface area contributed by atoms with E-state index in [1.54, 1.807) is 30.3 Å². The van der Waals surface area contributed by atoms with E-state index in [0.29, 0.717) is 41.4 Å². The molecule has 4 saturated carbocycles. The molecule has 0 aromatic heterocycles. The Morgan fingerprint density at radius 3 is 2.24 bits per heavy atom. The Labute approximate surface area is 244 Å². The van der Waals surface area contributed by atoms with Crippen LogP contribution >= 0.6 is 0 Å². The summed E-state index contributed by atoms with van der Waals surface area (Å²) in [6.07, 6.45) is 8.35. The van der Waals surface area contributed by atoms with Gasteiger partial charge < -0.3 is 9.47 Å². The monoisotopic (exact) mass is 573 g/mol. The maximum absolute atomic E-state index is 13.8. The van der Waals surface area contributed by atoms with E-state index in [1.807, 2.05) is 13.8 Å². The number of barbiturate groups is 1. The molecule has 4 aliphatic carbocycles. The Morgan fingerprint density at radius 2 is 1.64 bits per heavy atom. The molecule has 42 heavy (non-hydrogen) atoms. The molecule has 2 aromatic rings. The zero-order valence-electron chi connectivity index (χ0n) is 23.8. The predicted molar refractivity (Wildman–Crippen MR) is 153 cm³/mol. The lowest BCUT2D eigenvalue weighted by Gasteiger charge is -2.60. The number of non-ortho nitro benzene ring substituents is 1. The standard InChI is InChI=1S/C32H35N3O7/c1-3-41-28-14-21(6-9-27(28)42-18-20-4-7-25(8-5-20)35(39)40)13-26-29(36)33-31(38)34(30(26)37)19(2)32-15-22-10-23(16-32)12-24(11-22)17-32/h4-9,13-14,19,22-24H,3,10-12,15-18H2,1-2H3,(H,33,36,38). The van der Waals surface area contributed by atoms with Crippen LogP contribution in [0.3, 0.4) is 0 Å². The highest BCUT2D eigenvalue weighted by Crippen LogP contribution is 2.62. The van der Waals surface area contributed by atoms with Gasteiger partial charge in [0.1, 0.15) is 12.2 Å². The number of urea groups is 1. The zero-order valence-corrected chi connectivity index (χ0v) is 23.8. The van der Waals surface area contributed by atoms with E-state index in [2.05, 4.69) is 5.32 Å². The summed E-state index contributed by atoms with van der Waals surface area (Å²) in [7, 11) is 0. The van der Waals surface area contributed by atoms with Crippen molar-refractivity contribution in [1.82, 2.24) is 10.2 Å². The first-order chi connectivity index (χ1) is 20.2. The van der Waals surface area contributed by atoms with Gasteiger partial charge in [-0.1, -0.05) is 6.07 Å². The second-order valence-electron chi connectivity index (χ2n) is 12.3. The highest BCUT2D eigenvalue weighted by molar-refractivity contribution is 6.31. The number of nitro benzene ring substituents is 1. The maximum Gasteiger partial charge on any atom is 0.331 e. The first-order valence-electron chi connectivity index (χ1n) is 14.7. The van der Waals surface area contributed by atoms with Gasteiger partial charge in [-0.2, -0.15) is 0 Å². The van der Waals surface area contributed by atoms with Crippen LogP contribution in [0.1, 0.15) is 63.5 Å². The highest BCUT2D eigenvalue weighted by atomic mass is 16.6. The summed E-state index contributed by atoms with van der Waals surface area (Å²) in [5.74, 6) is 1.58. The van der Waals surface area contributed by atoms with Crippen molar-refractivity contribution in [3.8, 4) is 11.5 Å². The van der Waals surface area contributed by atoms with E-state index in [0.717, 1.165) is 24.8 Å². The van der Waals surface area contributed by atoms with Gasteiger partial charge in [-0.3, -0.25) is 29.9 Å². The average molecular weight is 574 g/mol. The highest BCUT2D eigenvalue weighted by Gasteiger charge is 2.56. The van der Waals surface area contributed by atoms with Crippen molar-refractivity contribution in [3.63, 3.8) is 0 Å². The van der Waals surface area contributed by atoms with Crippen molar-refractivity contribution in [3.05, 3.63) is 69.3 Å². The molecule has 1 N–H and O–H groups in total. The van der Waals surface area contributed by atoms with Crippen LogP contribution in [0.25, 0.3) is 6.08 Å². The number of benzene rings is 2. The second-order valence-corrected chi connectivity index (χ2v) is 12.3. The molecule has 220 valence electrons. The minimum absolute atomic E-state index is 0.0000337. The van der Waals surface area contributed by atoms with E-state index >= 15 is 0 Å². The largest absolute Gasteiger partial charge is 0.490 e. The van der Waals surface area contributed by atoms with E-state index < -0.39 is 22.8 Å². The third-order valence-corrected chi connectivity index (χ3v) is 9.61. The molecule has 1 heterocycles. The van der Waals surface area contributed by atoms with Crippen LogP contribution in [0.4, 0.5) is 10.5 Å². The molecule has 5 aliphatic rings. The lowest BCUT2D eigenvalue weighted by atomic mass is 9.47. The summed E-state index contributed by atoms with van der Waals surface area (Å²) in [4.78, 5) is 51.4. The zero-order chi connectivity index (χ0) is 29.6. The van der Waals surface area contributed by atoms with Crippen molar-refractivity contribution >= 4 is 29.6 Å². The average Bonchev–Trinajstić information content (AvgIpc) is 2.94. The van der Waals surface area contributed by atoms with Gasteiger partial charge in [0.2, 0.25) is 0 Å². The second kappa shape index (κ2) is 10.9. The van der Waals surface area contributed by atoms with Crippen LogP contribution in [-0.4, -0.2) is 40.3 Å². The van der Waals surface area contributed by atoms with E-state index in [9.17, 15) is 24.5 Å². The van der Waals surface area contributed by atoms with Crippen LogP contribution in [-0.2, 0) is 16.2 Å². The molecule has 1 saturated heterocycles. The fourth-order valence-electron chi connectivity index (χ4n) is 8.03. The van der Waals surface area contributed by atoms with Crippen molar-refractivity contribution in [2.75, 3.05) is 6.61 Å². The van der Waals surface area contributed by atoms with Crippen LogP contribution in [0, 0.1) is 33.3 Å². The number of nitro groups is 1. The number of hydrogen-bond donors (Lipinski definition) is 1.